The van der Waals surface area contributed by atoms with Gasteiger partial charge >= 0.3 is 18.3 Å². The van der Waals surface area contributed by atoms with Crippen LogP contribution in [0.25, 0.3) is 22.5 Å². The molecule has 0 unspecified atom stereocenters. The van der Waals surface area contributed by atoms with Gasteiger partial charge in [-0.15, -0.1) is 12.4 Å². The number of nitrogens with two attached hydrogens (primary N) is 1. The second-order valence-corrected chi connectivity index (χ2v) is 20.0. The number of aliphatic hydroxyl groups excluding tert-OH is 2. The largest absolute Gasteiger partial charge is 0.480 e. The molecular formula is C58H56Cl3F11N6O9. The van der Waals surface area contributed by atoms with Gasteiger partial charge in [-0.25, -0.2) is 27.9 Å². The van der Waals surface area contributed by atoms with E-state index >= 15 is 0 Å². The van der Waals surface area contributed by atoms with Crippen LogP contribution in [0.4, 0.5) is 48.3 Å². The Labute approximate surface area is 506 Å². The molecule has 0 saturated heterocycles. The molecule has 0 saturated carbocycles. The van der Waals surface area contributed by atoms with Crippen LogP contribution in [-0.4, -0.2) is 103 Å². The summed E-state index contributed by atoms with van der Waals surface area (Å²) in [6, 6.07) is 21.2. The molecule has 0 spiro atoms. The van der Waals surface area contributed by atoms with Crippen molar-refractivity contribution in [2.75, 3.05) is 13.2 Å². The molecule has 470 valence electrons. The fraction of sp³-hybridized carbons (Fsp3) is 0.310. The number of nitrogens with one attached hydrogen (secondary N) is 1. The lowest BCUT2D eigenvalue weighted by atomic mass is 10.0. The SMILES string of the molecule is CC(=O)c1nc(-c2ccc(C[C@@H](CCO)NC(=O)c3ccc(O[C@H](C)C(F)(F)F)c(Cl)c3)cc2)cn1C.CC(=O)c1nc(-c2ccc(C[C@H](N)CCO)cc2)cn1C.C[C@@H](Oc1ccc(C(=O)Oc2c(F)c(F)c(F)c(F)c2F)cc1Cl)C(F)(F)F.Cl. The monoisotopic (exact) mass is 1290 g/mol. The van der Waals surface area contributed by atoms with E-state index in [0.717, 1.165) is 59.5 Å². The van der Waals surface area contributed by atoms with Crippen LogP contribution in [0.1, 0.15) is 93.6 Å². The van der Waals surface area contributed by atoms with E-state index in [1.807, 2.05) is 61.8 Å². The van der Waals surface area contributed by atoms with E-state index in [1.54, 1.807) is 22.4 Å². The summed E-state index contributed by atoms with van der Waals surface area (Å²) in [7, 11) is 3.57. The van der Waals surface area contributed by atoms with Crippen LogP contribution < -0.4 is 25.3 Å². The Kier molecular flexibility index (Phi) is 25.9. The summed E-state index contributed by atoms with van der Waals surface area (Å²) in [5.41, 5.74) is 10.8. The summed E-state index contributed by atoms with van der Waals surface area (Å²) in [6.07, 6.45) is -7.88. The lowest BCUT2D eigenvalue weighted by molar-refractivity contribution is -0.189. The maximum atomic E-state index is 13.5. The number of benzene rings is 5. The number of amides is 1. The number of ketones is 2. The molecule has 5 aromatic carbocycles. The van der Waals surface area contributed by atoms with E-state index in [2.05, 4.69) is 24.8 Å². The number of ether oxygens (including phenoxy) is 3. The number of esters is 1. The maximum absolute atomic E-state index is 13.5. The molecule has 0 aliphatic heterocycles. The number of hydrogen-bond donors (Lipinski definition) is 4. The minimum Gasteiger partial charge on any atom is -0.480 e. The number of imidazole rings is 2. The van der Waals surface area contributed by atoms with Gasteiger partial charge in [-0.05, 0) is 87.1 Å². The van der Waals surface area contributed by atoms with E-state index in [9.17, 15) is 72.6 Å². The molecule has 2 heterocycles. The first-order valence-corrected chi connectivity index (χ1v) is 26.3. The highest BCUT2D eigenvalue weighted by atomic mass is 35.5. The maximum Gasteiger partial charge on any atom is 0.425 e. The topological polar surface area (TPSA) is 210 Å². The lowest BCUT2D eigenvalue weighted by Gasteiger charge is -2.20. The van der Waals surface area contributed by atoms with Crippen molar-refractivity contribution < 1.29 is 91.9 Å². The summed E-state index contributed by atoms with van der Waals surface area (Å²) < 4.78 is 159. The van der Waals surface area contributed by atoms with E-state index in [1.165, 1.54) is 32.0 Å². The van der Waals surface area contributed by atoms with Crippen LogP contribution in [0.3, 0.4) is 0 Å². The number of aryl methyl sites for hydroxylation is 2. The molecule has 7 aromatic rings. The fourth-order valence-electron chi connectivity index (χ4n) is 7.79. The first-order valence-electron chi connectivity index (χ1n) is 25.6. The van der Waals surface area contributed by atoms with Crippen molar-refractivity contribution in [3.8, 4) is 39.8 Å². The van der Waals surface area contributed by atoms with Gasteiger partial charge < -0.3 is 44.6 Å². The quantitative estimate of drug-likeness (QED) is 0.0140. The number of hydrogen-bond acceptors (Lipinski definition) is 12. The highest BCUT2D eigenvalue weighted by Crippen LogP contribution is 2.34. The van der Waals surface area contributed by atoms with Gasteiger partial charge in [0.05, 0.1) is 27.0 Å². The number of nitrogens with zero attached hydrogens (tertiary/aromatic N) is 4. The third kappa shape index (κ3) is 19.7. The second-order valence-electron chi connectivity index (χ2n) is 19.2. The Balaban J connectivity index is 0.000000289. The normalized spacial score (nSPS) is 12.7. The van der Waals surface area contributed by atoms with E-state index in [-0.39, 0.29) is 66.0 Å². The summed E-state index contributed by atoms with van der Waals surface area (Å²) >= 11 is 11.7. The molecular weight excluding hydrogens is 1240 g/mol. The number of halogens is 14. The van der Waals surface area contributed by atoms with Crippen molar-refractivity contribution >= 4 is 59.1 Å². The van der Waals surface area contributed by atoms with Gasteiger partial charge in [0.1, 0.15) is 11.5 Å². The molecule has 0 radical (unpaired) electrons. The molecule has 0 aliphatic carbocycles. The molecule has 4 atom stereocenters. The third-order valence-corrected chi connectivity index (χ3v) is 13.0. The fourth-order valence-corrected chi connectivity index (χ4v) is 8.25. The average molecular weight is 1300 g/mol. The molecule has 87 heavy (non-hydrogen) atoms. The van der Waals surface area contributed by atoms with Gasteiger partial charge in [0.25, 0.3) is 5.91 Å². The van der Waals surface area contributed by atoms with Crippen LogP contribution in [0.15, 0.2) is 97.3 Å². The molecule has 0 bridgehead atoms. The van der Waals surface area contributed by atoms with Crippen LogP contribution in [0, 0.1) is 29.1 Å². The van der Waals surface area contributed by atoms with Crippen molar-refractivity contribution in [2.24, 2.45) is 19.8 Å². The van der Waals surface area contributed by atoms with Crippen molar-refractivity contribution in [3.63, 3.8) is 0 Å². The predicted octanol–water partition coefficient (Wildman–Crippen LogP) is 12.5. The number of carbonyl (C=O) groups excluding carboxylic acids is 4. The number of aliphatic hydroxyl groups is 2. The third-order valence-electron chi connectivity index (χ3n) is 12.4. The molecule has 0 fully saturated rings. The number of alkyl halides is 6. The van der Waals surface area contributed by atoms with Gasteiger partial charge in [0.15, 0.2) is 35.4 Å². The molecule has 0 aliphatic rings. The highest BCUT2D eigenvalue weighted by Gasteiger charge is 2.39. The molecule has 15 nitrogen and oxygen atoms in total. The van der Waals surface area contributed by atoms with Gasteiger partial charge in [-0.2, -0.15) is 35.1 Å². The average Bonchev–Trinajstić information content (AvgIpc) is 1.85. The van der Waals surface area contributed by atoms with Crippen molar-refractivity contribution in [2.45, 2.75) is 90.0 Å². The standard InChI is InChI=1S/C26H27ClF3N3O4.C16H7ClF8O3.C16H21N3O2.ClH/c1-15(35)24-32-22(14-33(24)3)18-6-4-17(5-7-18)12-20(10-11-34)31-25(36)19-8-9-23(21(27)13-19)37-16(2)26(28,29)30;1-5(16(23,24)25)27-8-3-2-6(4-7(8)17)15(26)28-14-12(21)10(19)9(18)11(20)13(14)22;1-11(21)16-18-15(10-19(16)2)13-5-3-12(4-6-13)9-14(17)7-8-20;/h4-9,13-14,16,20,34H,10-12H2,1-3H3,(H,31,36);2-5H,1H3;3-6,10,14,20H,7-9,17H2,1-2H3;1H/t16-,20-;5-;14-;/m111./s1. The Morgan fingerprint density at radius 3 is 1.38 bits per heavy atom. The number of Topliss-reactive ketones (excluding diaryl/α,β-unsaturated/α-hetero) is 2. The Morgan fingerprint density at radius 1 is 0.609 bits per heavy atom. The van der Waals surface area contributed by atoms with Gasteiger partial charge in [-0.1, -0.05) is 71.7 Å². The number of rotatable bonds is 20. The van der Waals surface area contributed by atoms with Crippen LogP contribution in [0.5, 0.6) is 17.2 Å². The lowest BCUT2D eigenvalue weighted by Crippen LogP contribution is -2.37. The highest BCUT2D eigenvalue weighted by molar-refractivity contribution is 6.32. The second kappa shape index (κ2) is 31.3. The summed E-state index contributed by atoms with van der Waals surface area (Å²) in [4.78, 5) is 56.5. The van der Waals surface area contributed by atoms with E-state index in [0.29, 0.717) is 37.1 Å². The molecule has 29 heteroatoms. The minimum absolute atomic E-state index is 0. The predicted molar refractivity (Wildman–Crippen MR) is 301 cm³/mol. The Bertz CT molecular complexity index is 3500. The van der Waals surface area contributed by atoms with Gasteiger partial charge in [0, 0.05) is 82.3 Å². The van der Waals surface area contributed by atoms with E-state index < -0.39 is 93.7 Å². The number of carbonyl (C=O) groups is 4. The Hall–Kier alpha value is -7.62. The van der Waals surface area contributed by atoms with Crippen LogP contribution >= 0.6 is 35.6 Å². The van der Waals surface area contributed by atoms with Crippen molar-refractivity contribution in [3.05, 3.63) is 170 Å². The zero-order valence-corrected chi connectivity index (χ0v) is 49.1. The zero-order chi connectivity index (χ0) is 64.1. The van der Waals surface area contributed by atoms with Gasteiger partial charge in [-0.3, -0.25) is 14.4 Å². The Morgan fingerprint density at radius 2 is 1.00 bits per heavy atom. The first kappa shape index (κ1) is 71.9. The smallest absolute Gasteiger partial charge is 0.425 e. The summed E-state index contributed by atoms with van der Waals surface area (Å²) in [5.74, 6) is -15.8. The van der Waals surface area contributed by atoms with Gasteiger partial charge in [0.2, 0.25) is 34.8 Å². The number of aromatic nitrogens is 4. The van der Waals surface area contributed by atoms with Crippen LogP contribution in [0.2, 0.25) is 10.0 Å². The molecule has 2 aromatic heterocycles. The minimum atomic E-state index is -4.70. The molecule has 1 amide bonds. The molecule has 7 rings (SSSR count). The summed E-state index contributed by atoms with van der Waals surface area (Å²) in [5, 5.41) is 20.5. The van der Waals surface area contributed by atoms with Crippen LogP contribution in [-0.2, 0) is 26.9 Å². The zero-order valence-electron chi connectivity index (χ0n) is 46.7. The first-order chi connectivity index (χ1) is 40.2. The van der Waals surface area contributed by atoms with E-state index in [4.69, 9.17) is 38.8 Å². The molecule has 5 N–H and O–H groups in total. The van der Waals surface area contributed by atoms with Crippen molar-refractivity contribution in [1.29, 1.82) is 0 Å². The van der Waals surface area contributed by atoms with Crippen molar-refractivity contribution in [1.82, 2.24) is 24.4 Å². The summed E-state index contributed by atoms with van der Waals surface area (Å²) in [6.45, 7) is 4.48.